The van der Waals surface area contributed by atoms with E-state index in [4.69, 9.17) is 4.74 Å². The highest BCUT2D eigenvalue weighted by atomic mass is 16.5. The van der Waals surface area contributed by atoms with E-state index < -0.39 is 0 Å². The van der Waals surface area contributed by atoms with Gasteiger partial charge in [-0.2, -0.15) is 10.2 Å². The molecule has 3 rings (SSSR count). The number of carbonyl (C=O) groups excluding carboxylic acids is 1. The van der Waals surface area contributed by atoms with Crippen LogP contribution in [0.4, 0.5) is 0 Å². The Balaban J connectivity index is 1.70. The van der Waals surface area contributed by atoms with Crippen molar-refractivity contribution in [2.75, 3.05) is 7.11 Å². The summed E-state index contributed by atoms with van der Waals surface area (Å²) in [4.78, 5) is 16.2. The molecule has 3 aromatic rings. The molecule has 2 N–H and O–H groups in total. The number of aromatic nitrogens is 3. The van der Waals surface area contributed by atoms with E-state index in [0.717, 1.165) is 16.9 Å². The van der Waals surface area contributed by atoms with Gasteiger partial charge in [0.2, 0.25) is 0 Å². The molecule has 0 saturated carbocycles. The zero-order valence-electron chi connectivity index (χ0n) is 13.9. The summed E-state index contributed by atoms with van der Waals surface area (Å²) in [7, 11) is 1.61. The molecule has 7 nitrogen and oxygen atoms in total. The van der Waals surface area contributed by atoms with Crippen molar-refractivity contribution >= 4 is 11.6 Å². The number of hydrazone groups is 1. The monoisotopic (exact) mass is 335 g/mol. The molecule has 126 valence electrons. The number of aromatic amines is 1. The van der Waals surface area contributed by atoms with Crippen molar-refractivity contribution in [2.45, 2.75) is 6.92 Å². The van der Waals surface area contributed by atoms with Gasteiger partial charge in [-0.05, 0) is 49.4 Å². The quantitative estimate of drug-likeness (QED) is 0.554. The zero-order valence-corrected chi connectivity index (χ0v) is 13.9. The van der Waals surface area contributed by atoms with Gasteiger partial charge in [-0.3, -0.25) is 14.9 Å². The van der Waals surface area contributed by atoms with E-state index in [1.54, 1.807) is 25.6 Å². The number of hydrogen-bond acceptors (Lipinski definition) is 5. The summed E-state index contributed by atoms with van der Waals surface area (Å²) >= 11 is 0. The van der Waals surface area contributed by atoms with Crippen LogP contribution < -0.4 is 10.2 Å². The highest BCUT2D eigenvalue weighted by Gasteiger charge is 2.11. The van der Waals surface area contributed by atoms with Crippen LogP contribution in [0.15, 0.2) is 60.0 Å². The molecule has 0 unspecified atom stereocenters. The number of carbonyl (C=O) groups is 1. The number of methoxy groups -OCH3 is 1. The Morgan fingerprint density at radius 1 is 1.16 bits per heavy atom. The molecule has 0 saturated heterocycles. The maximum atomic E-state index is 12.2. The third-order valence-corrected chi connectivity index (χ3v) is 3.63. The fourth-order valence-corrected chi connectivity index (χ4v) is 2.20. The van der Waals surface area contributed by atoms with E-state index in [9.17, 15) is 4.79 Å². The maximum Gasteiger partial charge on any atom is 0.289 e. The first-order valence-corrected chi connectivity index (χ1v) is 7.62. The Labute approximate surface area is 144 Å². The highest BCUT2D eigenvalue weighted by molar-refractivity contribution is 6.00. The summed E-state index contributed by atoms with van der Waals surface area (Å²) in [6, 6.07) is 12.8. The third kappa shape index (κ3) is 3.89. The van der Waals surface area contributed by atoms with Gasteiger partial charge in [0.15, 0.2) is 0 Å². The number of nitrogens with one attached hydrogen (secondary N) is 2. The minimum absolute atomic E-state index is 0.331. The first kappa shape index (κ1) is 16.4. The lowest BCUT2D eigenvalue weighted by molar-refractivity contribution is 0.0950. The molecule has 0 atom stereocenters. The lowest BCUT2D eigenvalue weighted by Gasteiger charge is -2.01. The Morgan fingerprint density at radius 2 is 1.88 bits per heavy atom. The molecule has 1 amide bonds. The van der Waals surface area contributed by atoms with Gasteiger partial charge in [0.25, 0.3) is 5.91 Å². The summed E-state index contributed by atoms with van der Waals surface area (Å²) in [5.41, 5.74) is 5.97. The number of rotatable bonds is 5. The Bertz CT molecular complexity index is 885. The second-order valence-electron chi connectivity index (χ2n) is 5.27. The van der Waals surface area contributed by atoms with Gasteiger partial charge >= 0.3 is 0 Å². The zero-order chi connectivity index (χ0) is 17.6. The summed E-state index contributed by atoms with van der Waals surface area (Å²) in [6.45, 7) is 1.81. The lowest BCUT2D eigenvalue weighted by Crippen LogP contribution is -2.19. The van der Waals surface area contributed by atoms with E-state index in [-0.39, 0.29) is 5.91 Å². The van der Waals surface area contributed by atoms with Gasteiger partial charge in [0, 0.05) is 23.5 Å². The number of pyridine rings is 1. The first-order valence-electron chi connectivity index (χ1n) is 7.62. The molecular formula is C18H17N5O2. The molecule has 2 aromatic heterocycles. The van der Waals surface area contributed by atoms with Gasteiger partial charge in [0.1, 0.15) is 11.4 Å². The Hall–Kier alpha value is -3.48. The van der Waals surface area contributed by atoms with E-state index >= 15 is 0 Å². The lowest BCUT2D eigenvalue weighted by atomic mass is 10.1. The number of amides is 1. The average Bonchev–Trinajstić information content (AvgIpc) is 3.17. The first-order chi connectivity index (χ1) is 12.2. The third-order valence-electron chi connectivity index (χ3n) is 3.63. The average molecular weight is 335 g/mol. The molecule has 1 aromatic carbocycles. The van der Waals surface area contributed by atoms with Crippen LogP contribution in [0, 0.1) is 0 Å². The maximum absolute atomic E-state index is 12.2. The van der Waals surface area contributed by atoms with Gasteiger partial charge in [0.05, 0.1) is 18.5 Å². The molecule has 0 spiro atoms. The van der Waals surface area contributed by atoms with Crippen LogP contribution in [0.5, 0.6) is 5.75 Å². The summed E-state index contributed by atoms with van der Waals surface area (Å²) in [6.07, 6.45) is 3.35. The smallest absolute Gasteiger partial charge is 0.289 e. The minimum Gasteiger partial charge on any atom is -0.497 e. The molecule has 0 aliphatic heterocycles. The van der Waals surface area contributed by atoms with Crippen molar-refractivity contribution in [3.63, 3.8) is 0 Å². The highest BCUT2D eigenvalue weighted by Crippen LogP contribution is 2.21. The standard InChI is InChI=1S/C18H17N5O2/c1-12(13-7-9-19-10-8-13)20-23-18(24)17-11-16(21-22-17)14-3-5-15(25-2)6-4-14/h3-11H,1-2H3,(H,21,22)(H,23,24)/b20-12-. The molecule has 0 bridgehead atoms. The number of benzene rings is 1. The molecule has 2 heterocycles. The molecule has 0 fully saturated rings. The van der Waals surface area contributed by atoms with E-state index in [1.807, 2.05) is 43.3 Å². The summed E-state index contributed by atoms with van der Waals surface area (Å²) < 4.78 is 5.13. The largest absolute Gasteiger partial charge is 0.497 e. The van der Waals surface area contributed by atoms with Gasteiger partial charge in [-0.15, -0.1) is 0 Å². The number of ether oxygens (including phenoxy) is 1. The van der Waals surface area contributed by atoms with Crippen LogP contribution >= 0.6 is 0 Å². The normalized spacial score (nSPS) is 11.2. The topological polar surface area (TPSA) is 92.3 Å². The van der Waals surface area contributed by atoms with Gasteiger partial charge < -0.3 is 4.74 Å². The Morgan fingerprint density at radius 3 is 2.56 bits per heavy atom. The fraction of sp³-hybridized carbons (Fsp3) is 0.111. The van der Waals surface area contributed by atoms with E-state index in [2.05, 4.69) is 25.7 Å². The molecule has 0 aliphatic carbocycles. The SMILES string of the molecule is COc1ccc(-c2cc(C(=O)N/N=C(/C)c3ccncc3)[nH]n2)cc1. The molecule has 0 aliphatic rings. The van der Waals surface area contributed by atoms with Crippen LogP contribution in [-0.2, 0) is 0 Å². The molecule has 25 heavy (non-hydrogen) atoms. The molecular weight excluding hydrogens is 318 g/mol. The predicted octanol–water partition coefficient (Wildman–Crippen LogP) is 2.63. The van der Waals surface area contributed by atoms with Crippen molar-refractivity contribution in [3.05, 3.63) is 66.1 Å². The predicted molar refractivity (Wildman–Crippen MR) is 94.5 cm³/mol. The summed E-state index contributed by atoms with van der Waals surface area (Å²) in [5, 5.41) is 11.0. The van der Waals surface area contributed by atoms with Crippen LogP contribution in [0.2, 0.25) is 0 Å². The van der Waals surface area contributed by atoms with Crippen LogP contribution in [0.25, 0.3) is 11.3 Å². The summed E-state index contributed by atoms with van der Waals surface area (Å²) in [5.74, 6) is 0.402. The van der Waals surface area contributed by atoms with Crippen molar-refractivity contribution in [1.29, 1.82) is 0 Å². The van der Waals surface area contributed by atoms with Gasteiger partial charge in [-0.1, -0.05) is 0 Å². The second-order valence-corrected chi connectivity index (χ2v) is 5.27. The van der Waals surface area contributed by atoms with Crippen molar-refractivity contribution in [3.8, 4) is 17.0 Å². The van der Waals surface area contributed by atoms with Crippen LogP contribution in [0.3, 0.4) is 0 Å². The van der Waals surface area contributed by atoms with Gasteiger partial charge in [-0.25, -0.2) is 5.43 Å². The minimum atomic E-state index is -0.360. The number of hydrogen-bond donors (Lipinski definition) is 2. The second kappa shape index (κ2) is 7.39. The van der Waals surface area contributed by atoms with Crippen molar-refractivity contribution < 1.29 is 9.53 Å². The van der Waals surface area contributed by atoms with E-state index in [0.29, 0.717) is 17.1 Å². The fourth-order valence-electron chi connectivity index (χ4n) is 2.20. The van der Waals surface area contributed by atoms with E-state index in [1.165, 1.54) is 0 Å². The number of nitrogens with zero attached hydrogens (tertiary/aromatic N) is 3. The molecule has 7 heteroatoms. The van der Waals surface area contributed by atoms with Crippen molar-refractivity contribution in [2.24, 2.45) is 5.10 Å². The number of H-pyrrole nitrogens is 1. The van der Waals surface area contributed by atoms with Crippen molar-refractivity contribution in [1.82, 2.24) is 20.6 Å². The Kier molecular flexibility index (Phi) is 4.84. The van der Waals surface area contributed by atoms with Crippen LogP contribution in [-0.4, -0.2) is 33.9 Å². The molecule has 0 radical (unpaired) electrons. The van der Waals surface area contributed by atoms with Crippen LogP contribution in [0.1, 0.15) is 23.0 Å².